The molecule has 30 heavy (non-hydrogen) atoms. The fourth-order valence-corrected chi connectivity index (χ4v) is 2.67. The summed E-state index contributed by atoms with van der Waals surface area (Å²) in [5.74, 6) is 2.43. The standard InChI is InChI=1S/C23H26N4O3/c1-4-14-29-19-7-9-20(10-8-19)30-23-18(6-5-12-25-23)16-26-22(28)17-11-13-24-21(15-17)27(2)3/h5-13,15H,4,14,16H2,1-3H3,(H,26,28). The second kappa shape index (κ2) is 10.2. The van der Waals surface area contributed by atoms with Crippen LogP contribution in [-0.2, 0) is 6.54 Å². The van der Waals surface area contributed by atoms with Gasteiger partial charge in [0.25, 0.3) is 5.91 Å². The fraction of sp³-hybridized carbons (Fsp3) is 0.261. The molecule has 2 heterocycles. The molecule has 0 spiro atoms. The summed E-state index contributed by atoms with van der Waals surface area (Å²) in [6, 6.07) is 14.5. The van der Waals surface area contributed by atoms with Gasteiger partial charge in [-0.3, -0.25) is 4.79 Å². The van der Waals surface area contributed by atoms with Crippen molar-refractivity contribution in [2.75, 3.05) is 25.6 Å². The molecule has 1 N–H and O–H groups in total. The van der Waals surface area contributed by atoms with Gasteiger partial charge in [0.15, 0.2) is 0 Å². The summed E-state index contributed by atoms with van der Waals surface area (Å²) in [5, 5.41) is 2.91. The topological polar surface area (TPSA) is 76.6 Å². The molecule has 0 radical (unpaired) electrons. The number of anilines is 1. The van der Waals surface area contributed by atoms with Crippen LogP contribution in [0, 0.1) is 0 Å². The quantitative estimate of drug-likeness (QED) is 0.578. The molecule has 0 aliphatic heterocycles. The smallest absolute Gasteiger partial charge is 0.251 e. The summed E-state index contributed by atoms with van der Waals surface area (Å²) in [6.45, 7) is 3.03. The Kier molecular flexibility index (Phi) is 7.21. The maximum atomic E-state index is 12.6. The molecule has 1 amide bonds. The van der Waals surface area contributed by atoms with Gasteiger partial charge in [0.05, 0.1) is 6.61 Å². The van der Waals surface area contributed by atoms with E-state index in [0.29, 0.717) is 30.3 Å². The highest BCUT2D eigenvalue weighted by Gasteiger charge is 2.11. The number of ether oxygens (including phenoxy) is 2. The Hall–Kier alpha value is -3.61. The molecule has 3 aromatic rings. The normalized spacial score (nSPS) is 10.4. The van der Waals surface area contributed by atoms with E-state index in [2.05, 4.69) is 22.2 Å². The summed E-state index contributed by atoms with van der Waals surface area (Å²) < 4.78 is 11.5. The van der Waals surface area contributed by atoms with Crippen molar-refractivity contribution in [3.05, 3.63) is 72.1 Å². The van der Waals surface area contributed by atoms with Gasteiger partial charge >= 0.3 is 0 Å². The minimum Gasteiger partial charge on any atom is -0.494 e. The lowest BCUT2D eigenvalue weighted by atomic mass is 10.2. The van der Waals surface area contributed by atoms with Crippen molar-refractivity contribution >= 4 is 11.7 Å². The second-order valence-corrected chi connectivity index (χ2v) is 6.87. The van der Waals surface area contributed by atoms with Crippen LogP contribution < -0.4 is 19.7 Å². The SMILES string of the molecule is CCCOc1ccc(Oc2ncccc2CNC(=O)c2ccnc(N(C)C)c2)cc1. The molecule has 156 valence electrons. The predicted molar refractivity (Wildman–Crippen MR) is 116 cm³/mol. The van der Waals surface area contributed by atoms with Crippen LogP contribution in [0.4, 0.5) is 5.82 Å². The van der Waals surface area contributed by atoms with Crippen molar-refractivity contribution in [1.82, 2.24) is 15.3 Å². The Balaban J connectivity index is 1.65. The van der Waals surface area contributed by atoms with E-state index in [0.717, 1.165) is 23.6 Å². The van der Waals surface area contributed by atoms with Crippen molar-refractivity contribution in [3.8, 4) is 17.4 Å². The van der Waals surface area contributed by atoms with E-state index in [9.17, 15) is 4.79 Å². The second-order valence-electron chi connectivity index (χ2n) is 6.87. The zero-order valence-electron chi connectivity index (χ0n) is 17.5. The molecular formula is C23H26N4O3. The van der Waals surface area contributed by atoms with Crippen molar-refractivity contribution in [3.63, 3.8) is 0 Å². The Bertz CT molecular complexity index is 974. The van der Waals surface area contributed by atoms with Gasteiger partial charge in [-0.25, -0.2) is 9.97 Å². The van der Waals surface area contributed by atoms with Gasteiger partial charge in [0, 0.05) is 44.2 Å². The van der Waals surface area contributed by atoms with Crippen LogP contribution in [0.1, 0.15) is 29.3 Å². The highest BCUT2D eigenvalue weighted by atomic mass is 16.5. The van der Waals surface area contributed by atoms with Gasteiger partial charge < -0.3 is 19.7 Å². The molecule has 1 aromatic carbocycles. The molecule has 0 fully saturated rings. The summed E-state index contributed by atoms with van der Waals surface area (Å²) in [6.07, 6.45) is 4.24. The van der Waals surface area contributed by atoms with E-state index in [1.807, 2.05) is 55.4 Å². The first-order valence-electron chi connectivity index (χ1n) is 9.83. The maximum Gasteiger partial charge on any atom is 0.251 e. The third kappa shape index (κ3) is 5.70. The van der Waals surface area contributed by atoms with Gasteiger partial charge in [-0.1, -0.05) is 13.0 Å². The van der Waals surface area contributed by atoms with Gasteiger partial charge in [-0.2, -0.15) is 0 Å². The van der Waals surface area contributed by atoms with Crippen molar-refractivity contribution in [1.29, 1.82) is 0 Å². The molecule has 0 saturated heterocycles. The maximum absolute atomic E-state index is 12.6. The zero-order valence-corrected chi connectivity index (χ0v) is 17.5. The number of hydrogen-bond donors (Lipinski definition) is 1. The van der Waals surface area contributed by atoms with Crippen LogP contribution in [0.25, 0.3) is 0 Å². The lowest BCUT2D eigenvalue weighted by Gasteiger charge is -2.13. The van der Waals surface area contributed by atoms with Gasteiger partial charge in [0.1, 0.15) is 17.3 Å². The highest BCUT2D eigenvalue weighted by Crippen LogP contribution is 2.25. The number of nitrogens with zero attached hydrogens (tertiary/aromatic N) is 3. The first-order valence-corrected chi connectivity index (χ1v) is 9.83. The number of hydrogen-bond acceptors (Lipinski definition) is 6. The number of nitrogens with one attached hydrogen (secondary N) is 1. The number of pyridine rings is 2. The minimum absolute atomic E-state index is 0.187. The van der Waals surface area contributed by atoms with Crippen LogP contribution in [0.5, 0.6) is 17.4 Å². The van der Waals surface area contributed by atoms with Crippen molar-refractivity contribution in [2.24, 2.45) is 0 Å². The van der Waals surface area contributed by atoms with E-state index in [4.69, 9.17) is 9.47 Å². The predicted octanol–water partition coefficient (Wildman–Crippen LogP) is 4.05. The molecule has 0 atom stereocenters. The molecular weight excluding hydrogens is 380 g/mol. The Morgan fingerprint density at radius 2 is 1.80 bits per heavy atom. The van der Waals surface area contributed by atoms with Crippen LogP contribution in [0.3, 0.4) is 0 Å². The number of carbonyl (C=O) groups excluding carboxylic acids is 1. The van der Waals surface area contributed by atoms with E-state index in [-0.39, 0.29) is 5.91 Å². The molecule has 3 rings (SSSR count). The highest BCUT2D eigenvalue weighted by molar-refractivity contribution is 5.94. The minimum atomic E-state index is -0.187. The number of amides is 1. The Morgan fingerprint density at radius 3 is 2.53 bits per heavy atom. The lowest BCUT2D eigenvalue weighted by Crippen LogP contribution is -2.23. The Labute approximate surface area is 176 Å². The molecule has 2 aromatic heterocycles. The lowest BCUT2D eigenvalue weighted by molar-refractivity contribution is 0.0950. The average Bonchev–Trinajstić information content (AvgIpc) is 2.78. The number of rotatable bonds is 9. The molecule has 0 unspecified atom stereocenters. The summed E-state index contributed by atoms with van der Waals surface area (Å²) >= 11 is 0. The first-order chi connectivity index (χ1) is 14.6. The number of benzene rings is 1. The summed E-state index contributed by atoms with van der Waals surface area (Å²) in [4.78, 5) is 22.9. The number of carbonyl (C=O) groups is 1. The Morgan fingerprint density at radius 1 is 1.03 bits per heavy atom. The molecule has 0 aliphatic carbocycles. The van der Waals surface area contributed by atoms with Crippen LogP contribution in [0.15, 0.2) is 60.9 Å². The molecule has 7 nitrogen and oxygen atoms in total. The van der Waals surface area contributed by atoms with E-state index >= 15 is 0 Å². The van der Waals surface area contributed by atoms with Crippen molar-refractivity contribution in [2.45, 2.75) is 19.9 Å². The third-order valence-corrected chi connectivity index (χ3v) is 4.27. The van der Waals surface area contributed by atoms with Crippen molar-refractivity contribution < 1.29 is 14.3 Å². The van der Waals surface area contributed by atoms with Crippen LogP contribution in [-0.4, -0.2) is 36.6 Å². The van der Waals surface area contributed by atoms with E-state index in [1.54, 1.807) is 24.5 Å². The van der Waals surface area contributed by atoms with Crippen LogP contribution >= 0.6 is 0 Å². The first kappa shape index (κ1) is 21.1. The third-order valence-electron chi connectivity index (χ3n) is 4.27. The number of aromatic nitrogens is 2. The average molecular weight is 406 g/mol. The fourth-order valence-electron chi connectivity index (χ4n) is 2.67. The van der Waals surface area contributed by atoms with Crippen LogP contribution in [0.2, 0.25) is 0 Å². The van der Waals surface area contributed by atoms with E-state index < -0.39 is 0 Å². The summed E-state index contributed by atoms with van der Waals surface area (Å²) in [5.41, 5.74) is 1.32. The molecule has 0 bridgehead atoms. The van der Waals surface area contributed by atoms with Gasteiger partial charge in [-0.05, 0) is 48.9 Å². The zero-order chi connectivity index (χ0) is 21.3. The van der Waals surface area contributed by atoms with Gasteiger partial charge in [-0.15, -0.1) is 0 Å². The monoisotopic (exact) mass is 406 g/mol. The largest absolute Gasteiger partial charge is 0.494 e. The van der Waals surface area contributed by atoms with Gasteiger partial charge in [0.2, 0.25) is 5.88 Å². The van der Waals surface area contributed by atoms with E-state index in [1.165, 1.54) is 0 Å². The molecule has 0 aliphatic rings. The molecule has 0 saturated carbocycles. The molecule has 7 heteroatoms. The summed E-state index contributed by atoms with van der Waals surface area (Å²) in [7, 11) is 3.76.